The van der Waals surface area contributed by atoms with Crippen molar-refractivity contribution in [3.63, 3.8) is 0 Å². The number of aryl methyl sites for hydroxylation is 2. The summed E-state index contributed by atoms with van der Waals surface area (Å²) in [4.78, 5) is 4.09. The molecule has 0 saturated carbocycles. The second-order valence-corrected chi connectivity index (χ2v) is 2.82. The van der Waals surface area contributed by atoms with Crippen molar-refractivity contribution in [2.24, 2.45) is 0 Å². The SMILES string of the molecule is Cc1cnc(C)n1CCO.F[B-](F)(F)F. The van der Waals surface area contributed by atoms with Crippen molar-refractivity contribution in [2.75, 3.05) is 6.61 Å². The molecule has 0 amide bonds. The summed E-state index contributed by atoms with van der Waals surface area (Å²) >= 11 is 0. The van der Waals surface area contributed by atoms with Gasteiger partial charge in [-0.15, -0.1) is 0 Å². The summed E-state index contributed by atoms with van der Waals surface area (Å²) in [6.07, 6.45) is 1.81. The lowest BCUT2D eigenvalue weighted by atomic mass is 10.3. The van der Waals surface area contributed by atoms with E-state index in [1.165, 1.54) is 0 Å². The molecule has 0 bridgehead atoms. The molecule has 0 unspecified atom stereocenters. The second kappa shape index (κ2) is 5.74. The van der Waals surface area contributed by atoms with Crippen LogP contribution in [0.1, 0.15) is 11.5 Å². The minimum atomic E-state index is -6.00. The first-order valence-electron chi connectivity index (χ1n) is 4.22. The molecule has 1 rings (SSSR count). The number of imidazole rings is 1. The third kappa shape index (κ3) is 6.95. The third-order valence-electron chi connectivity index (χ3n) is 1.58. The van der Waals surface area contributed by atoms with Crippen LogP contribution in [0.3, 0.4) is 0 Å². The standard InChI is InChI=1S/C7H12N2O.BF4/c1-6-5-8-7(2)9(6)3-4-10;2-1(3,4)5/h5,10H,3-4H2,1-2H3;/q;-1. The Kier molecular flexibility index (Phi) is 5.34. The van der Waals surface area contributed by atoms with E-state index in [0.29, 0.717) is 6.54 Å². The van der Waals surface area contributed by atoms with E-state index in [1.807, 2.05) is 24.6 Å². The number of halogens is 4. The third-order valence-corrected chi connectivity index (χ3v) is 1.58. The summed E-state index contributed by atoms with van der Waals surface area (Å²) in [5.41, 5.74) is 1.10. The van der Waals surface area contributed by atoms with Crippen LogP contribution < -0.4 is 0 Å². The molecule has 0 aromatic carbocycles. The molecule has 0 saturated heterocycles. The van der Waals surface area contributed by atoms with E-state index in [-0.39, 0.29) is 6.61 Å². The fourth-order valence-electron chi connectivity index (χ4n) is 1.02. The number of aromatic nitrogens is 2. The van der Waals surface area contributed by atoms with Gasteiger partial charge in [0, 0.05) is 18.4 Å². The van der Waals surface area contributed by atoms with Crippen LogP contribution in [0.15, 0.2) is 6.20 Å². The molecule has 1 aromatic rings. The lowest BCUT2D eigenvalue weighted by Gasteiger charge is -2.03. The van der Waals surface area contributed by atoms with E-state index >= 15 is 0 Å². The fraction of sp³-hybridized carbons (Fsp3) is 0.571. The number of nitrogens with zero attached hydrogens (tertiary/aromatic N) is 2. The van der Waals surface area contributed by atoms with Crippen molar-refractivity contribution in [3.05, 3.63) is 17.7 Å². The van der Waals surface area contributed by atoms with Gasteiger partial charge in [-0.3, -0.25) is 0 Å². The minimum absolute atomic E-state index is 0.179. The van der Waals surface area contributed by atoms with E-state index in [9.17, 15) is 17.3 Å². The zero-order valence-electron chi connectivity index (χ0n) is 8.42. The molecular formula is C7H12BF4N2O-. The van der Waals surface area contributed by atoms with Gasteiger partial charge in [-0.05, 0) is 13.8 Å². The molecule has 0 radical (unpaired) electrons. The maximum absolute atomic E-state index is 9.75. The van der Waals surface area contributed by atoms with Crippen molar-refractivity contribution < 1.29 is 22.4 Å². The van der Waals surface area contributed by atoms with Crippen molar-refractivity contribution in [3.8, 4) is 0 Å². The Morgan fingerprint density at radius 3 is 2.07 bits per heavy atom. The quantitative estimate of drug-likeness (QED) is 0.617. The van der Waals surface area contributed by atoms with E-state index in [4.69, 9.17) is 5.11 Å². The molecule has 1 aromatic heterocycles. The first kappa shape index (κ1) is 14.0. The largest absolute Gasteiger partial charge is 0.673 e. The molecule has 0 aliphatic heterocycles. The molecule has 0 spiro atoms. The molecule has 0 atom stereocenters. The average Bonchev–Trinajstić information content (AvgIpc) is 2.33. The van der Waals surface area contributed by atoms with E-state index in [1.54, 1.807) is 0 Å². The zero-order valence-corrected chi connectivity index (χ0v) is 8.42. The van der Waals surface area contributed by atoms with E-state index in [2.05, 4.69) is 4.98 Å². The van der Waals surface area contributed by atoms with Gasteiger partial charge in [0.15, 0.2) is 0 Å². The Balaban J connectivity index is 0.000000336. The molecule has 1 heterocycles. The van der Waals surface area contributed by atoms with Crippen molar-refractivity contribution in [1.82, 2.24) is 9.55 Å². The fourth-order valence-corrected chi connectivity index (χ4v) is 1.02. The van der Waals surface area contributed by atoms with Gasteiger partial charge < -0.3 is 26.9 Å². The molecule has 0 aliphatic carbocycles. The summed E-state index contributed by atoms with van der Waals surface area (Å²) < 4.78 is 41.0. The highest BCUT2D eigenvalue weighted by molar-refractivity contribution is 6.50. The first-order chi connectivity index (χ1) is 6.75. The number of rotatable bonds is 2. The van der Waals surface area contributed by atoms with Crippen LogP contribution in [0.4, 0.5) is 17.3 Å². The van der Waals surface area contributed by atoms with Crippen LogP contribution in [-0.2, 0) is 6.54 Å². The summed E-state index contributed by atoms with van der Waals surface area (Å²) in [5.74, 6) is 0.964. The summed E-state index contributed by atoms with van der Waals surface area (Å²) in [7, 11) is -6.00. The van der Waals surface area contributed by atoms with E-state index < -0.39 is 7.25 Å². The number of hydrogen-bond acceptors (Lipinski definition) is 2. The Hall–Kier alpha value is -1.05. The molecular weight excluding hydrogens is 215 g/mol. The lowest BCUT2D eigenvalue weighted by molar-refractivity contribution is 0.273. The Morgan fingerprint density at radius 2 is 1.80 bits per heavy atom. The van der Waals surface area contributed by atoms with Crippen molar-refractivity contribution >= 4 is 7.25 Å². The minimum Gasteiger partial charge on any atom is -0.418 e. The van der Waals surface area contributed by atoms with Crippen LogP contribution in [0.5, 0.6) is 0 Å². The lowest BCUT2D eigenvalue weighted by Crippen LogP contribution is -2.05. The highest BCUT2D eigenvalue weighted by Crippen LogP contribution is 2.06. The van der Waals surface area contributed by atoms with Crippen molar-refractivity contribution in [1.29, 1.82) is 0 Å². The average molecular weight is 227 g/mol. The Labute approximate surface area is 84.8 Å². The predicted octanol–water partition coefficient (Wildman–Crippen LogP) is 1.79. The van der Waals surface area contributed by atoms with Crippen LogP contribution in [0.25, 0.3) is 0 Å². The van der Waals surface area contributed by atoms with Gasteiger partial charge in [0.25, 0.3) is 0 Å². The molecule has 1 N–H and O–H groups in total. The summed E-state index contributed by atoms with van der Waals surface area (Å²) in [6.45, 7) is 4.74. The van der Waals surface area contributed by atoms with Gasteiger partial charge in [0.05, 0.1) is 6.61 Å². The van der Waals surface area contributed by atoms with Gasteiger partial charge in [0.1, 0.15) is 5.82 Å². The maximum atomic E-state index is 9.75. The van der Waals surface area contributed by atoms with Crippen LogP contribution in [-0.4, -0.2) is 28.5 Å². The highest BCUT2D eigenvalue weighted by Gasteiger charge is 2.20. The maximum Gasteiger partial charge on any atom is 0.673 e. The second-order valence-electron chi connectivity index (χ2n) is 2.82. The van der Waals surface area contributed by atoms with Crippen LogP contribution in [0, 0.1) is 13.8 Å². The normalized spacial score (nSPS) is 10.9. The number of aliphatic hydroxyl groups is 1. The molecule has 0 fully saturated rings. The Bertz CT molecular complexity index is 274. The number of hydrogen-bond donors (Lipinski definition) is 1. The monoisotopic (exact) mass is 227 g/mol. The van der Waals surface area contributed by atoms with Gasteiger partial charge >= 0.3 is 7.25 Å². The van der Waals surface area contributed by atoms with Gasteiger partial charge in [-0.1, -0.05) is 0 Å². The van der Waals surface area contributed by atoms with Gasteiger partial charge in [-0.25, -0.2) is 4.98 Å². The molecule has 8 heteroatoms. The van der Waals surface area contributed by atoms with Crippen LogP contribution in [0.2, 0.25) is 0 Å². The number of aliphatic hydroxyl groups excluding tert-OH is 1. The van der Waals surface area contributed by atoms with Crippen molar-refractivity contribution in [2.45, 2.75) is 20.4 Å². The predicted molar refractivity (Wildman–Crippen MR) is 49.0 cm³/mol. The smallest absolute Gasteiger partial charge is 0.418 e. The molecule has 88 valence electrons. The summed E-state index contributed by atoms with van der Waals surface area (Å²) in [6, 6.07) is 0. The molecule has 15 heavy (non-hydrogen) atoms. The van der Waals surface area contributed by atoms with Gasteiger partial charge in [-0.2, -0.15) is 0 Å². The summed E-state index contributed by atoms with van der Waals surface area (Å²) in [5, 5.41) is 8.64. The van der Waals surface area contributed by atoms with Crippen LogP contribution >= 0.6 is 0 Å². The van der Waals surface area contributed by atoms with E-state index in [0.717, 1.165) is 11.5 Å². The molecule has 3 nitrogen and oxygen atoms in total. The zero-order chi connectivity index (χ0) is 12.1. The topological polar surface area (TPSA) is 38.0 Å². The highest BCUT2D eigenvalue weighted by atomic mass is 19.5. The Morgan fingerprint density at radius 1 is 1.33 bits per heavy atom. The van der Waals surface area contributed by atoms with Gasteiger partial charge in [0.2, 0.25) is 0 Å². The molecule has 0 aliphatic rings. The first-order valence-corrected chi connectivity index (χ1v) is 4.22.